The maximum Gasteiger partial charge on any atom is 0.138 e. The number of nitrogens with two attached hydrogens (primary N) is 1. The van der Waals surface area contributed by atoms with Crippen LogP contribution in [0.3, 0.4) is 0 Å². The summed E-state index contributed by atoms with van der Waals surface area (Å²) in [6.07, 6.45) is -0.127. The summed E-state index contributed by atoms with van der Waals surface area (Å²) >= 11 is 2.28. The summed E-state index contributed by atoms with van der Waals surface area (Å²) in [5.41, 5.74) is 8.41. The number of rotatable bonds is 4. The number of hydrogen-bond acceptors (Lipinski definition) is 2. The van der Waals surface area contributed by atoms with Crippen molar-refractivity contribution in [2.24, 2.45) is 5.73 Å². The van der Waals surface area contributed by atoms with Crippen LogP contribution in [0.4, 0.5) is 0 Å². The van der Waals surface area contributed by atoms with Gasteiger partial charge >= 0.3 is 0 Å². The Morgan fingerprint density at radius 3 is 2.47 bits per heavy atom. The van der Waals surface area contributed by atoms with Crippen molar-refractivity contribution in [2.75, 3.05) is 0 Å². The third kappa shape index (κ3) is 3.94. The molecule has 0 saturated carbocycles. The van der Waals surface area contributed by atoms with E-state index in [1.54, 1.807) is 0 Å². The summed E-state index contributed by atoms with van der Waals surface area (Å²) < 4.78 is 7.22. The summed E-state index contributed by atoms with van der Waals surface area (Å²) in [7, 11) is 0. The van der Waals surface area contributed by atoms with Crippen molar-refractivity contribution >= 4 is 22.6 Å². The van der Waals surface area contributed by atoms with Crippen molar-refractivity contribution in [3.8, 4) is 5.75 Å². The number of ether oxygens (including phenoxy) is 1. The lowest BCUT2D eigenvalue weighted by atomic mass is 10.0. The maximum absolute atomic E-state index is 6.08. The van der Waals surface area contributed by atoms with Crippen molar-refractivity contribution in [1.29, 1.82) is 0 Å². The normalized spacial score (nSPS) is 13.9. The maximum atomic E-state index is 6.08. The van der Waals surface area contributed by atoms with Gasteiger partial charge in [-0.3, -0.25) is 0 Å². The highest BCUT2D eigenvalue weighted by Crippen LogP contribution is 2.25. The second kappa shape index (κ2) is 6.39. The molecule has 0 spiro atoms. The lowest BCUT2D eigenvalue weighted by Crippen LogP contribution is -2.29. The van der Waals surface area contributed by atoms with E-state index in [1.165, 1.54) is 5.56 Å². The summed E-state index contributed by atoms with van der Waals surface area (Å²) in [6.45, 7) is 4.05. The fourth-order valence-corrected chi connectivity index (χ4v) is 2.53. The second-order valence-corrected chi connectivity index (χ2v) is 6.01. The summed E-state index contributed by atoms with van der Waals surface area (Å²) in [6, 6.07) is 16.3. The van der Waals surface area contributed by atoms with E-state index in [-0.39, 0.29) is 12.1 Å². The fourth-order valence-electron chi connectivity index (χ4n) is 2.01. The van der Waals surface area contributed by atoms with Crippen LogP contribution in [-0.2, 0) is 0 Å². The van der Waals surface area contributed by atoms with Gasteiger partial charge in [-0.1, -0.05) is 35.9 Å². The summed E-state index contributed by atoms with van der Waals surface area (Å²) in [4.78, 5) is 0. The molecule has 0 aromatic heterocycles. The minimum Gasteiger partial charge on any atom is -0.484 e. The molecule has 0 bridgehead atoms. The molecule has 2 atom stereocenters. The minimum absolute atomic E-state index is 0.0698. The Morgan fingerprint density at radius 1 is 1.11 bits per heavy atom. The van der Waals surface area contributed by atoms with E-state index < -0.39 is 0 Å². The van der Waals surface area contributed by atoms with Crippen molar-refractivity contribution in [3.05, 3.63) is 63.2 Å². The minimum atomic E-state index is -0.127. The number of aryl methyl sites for hydroxylation is 1. The number of hydrogen-bond donors (Lipinski definition) is 1. The van der Waals surface area contributed by atoms with Gasteiger partial charge in [-0.15, -0.1) is 0 Å². The number of benzene rings is 2. The highest BCUT2D eigenvalue weighted by atomic mass is 127. The molecule has 0 radical (unpaired) electrons. The smallest absolute Gasteiger partial charge is 0.138 e. The molecule has 0 aliphatic heterocycles. The quantitative estimate of drug-likeness (QED) is 0.827. The average molecular weight is 367 g/mol. The van der Waals surface area contributed by atoms with E-state index in [0.29, 0.717) is 0 Å². The summed E-state index contributed by atoms with van der Waals surface area (Å²) in [5, 5.41) is 0. The Hall–Kier alpha value is -1.07. The topological polar surface area (TPSA) is 35.2 Å². The molecule has 2 aromatic carbocycles. The predicted octanol–water partition coefficient (Wildman–Crippen LogP) is 4.07. The molecule has 3 heteroatoms. The molecule has 100 valence electrons. The molecule has 19 heavy (non-hydrogen) atoms. The van der Waals surface area contributed by atoms with E-state index in [9.17, 15) is 0 Å². The van der Waals surface area contributed by atoms with Crippen LogP contribution in [0.5, 0.6) is 5.75 Å². The molecule has 0 saturated heterocycles. The molecule has 2 unspecified atom stereocenters. The molecule has 2 N–H and O–H groups in total. The first-order valence-corrected chi connectivity index (χ1v) is 7.38. The van der Waals surface area contributed by atoms with E-state index >= 15 is 0 Å². The molecule has 0 amide bonds. The molecule has 0 fully saturated rings. The standard InChI is InChI=1S/C16H18INO/c1-11-5-3-6-13(9-11)16(12(2)18)19-15-8-4-7-14(17)10-15/h3-10,12,16H,18H2,1-2H3. The van der Waals surface area contributed by atoms with E-state index in [4.69, 9.17) is 10.5 Å². The Bertz CT molecular complexity index is 554. The largest absolute Gasteiger partial charge is 0.484 e. The predicted molar refractivity (Wildman–Crippen MR) is 87.4 cm³/mol. The van der Waals surface area contributed by atoms with Crippen molar-refractivity contribution in [3.63, 3.8) is 0 Å². The lowest BCUT2D eigenvalue weighted by molar-refractivity contribution is 0.180. The van der Waals surface area contributed by atoms with Crippen LogP contribution >= 0.6 is 22.6 Å². The van der Waals surface area contributed by atoms with Gasteiger partial charge in [0, 0.05) is 9.61 Å². The molecular weight excluding hydrogens is 349 g/mol. The summed E-state index contributed by atoms with van der Waals surface area (Å²) in [5.74, 6) is 0.857. The van der Waals surface area contributed by atoms with Gasteiger partial charge in [-0.05, 0) is 60.2 Å². The first-order chi connectivity index (χ1) is 9.06. The first kappa shape index (κ1) is 14.3. The molecular formula is C16H18INO. The highest BCUT2D eigenvalue weighted by molar-refractivity contribution is 14.1. The van der Waals surface area contributed by atoms with Crippen LogP contribution < -0.4 is 10.5 Å². The molecule has 0 aliphatic carbocycles. The van der Waals surface area contributed by atoms with Crippen LogP contribution in [0.2, 0.25) is 0 Å². The van der Waals surface area contributed by atoms with Crippen molar-refractivity contribution in [1.82, 2.24) is 0 Å². The molecule has 0 heterocycles. The lowest BCUT2D eigenvalue weighted by Gasteiger charge is -2.23. The van der Waals surface area contributed by atoms with Crippen molar-refractivity contribution in [2.45, 2.75) is 26.0 Å². The average Bonchev–Trinajstić information content (AvgIpc) is 2.35. The van der Waals surface area contributed by atoms with E-state index in [0.717, 1.165) is 14.9 Å². The first-order valence-electron chi connectivity index (χ1n) is 6.30. The van der Waals surface area contributed by atoms with Gasteiger partial charge in [0.05, 0.1) is 0 Å². The SMILES string of the molecule is Cc1cccc(C(Oc2cccc(I)c2)C(C)N)c1. The molecule has 2 rings (SSSR count). The van der Waals surface area contributed by atoms with E-state index in [2.05, 4.69) is 47.7 Å². The zero-order valence-electron chi connectivity index (χ0n) is 11.1. The van der Waals surface area contributed by atoms with Crippen LogP contribution in [0.15, 0.2) is 48.5 Å². The Morgan fingerprint density at radius 2 is 1.84 bits per heavy atom. The monoisotopic (exact) mass is 367 g/mol. The van der Waals surface area contributed by atoms with Gasteiger partial charge < -0.3 is 10.5 Å². The Kier molecular flexibility index (Phi) is 4.82. The van der Waals surface area contributed by atoms with Crippen LogP contribution in [0.1, 0.15) is 24.2 Å². The van der Waals surface area contributed by atoms with Gasteiger partial charge in [0.15, 0.2) is 0 Å². The highest BCUT2D eigenvalue weighted by Gasteiger charge is 2.18. The fraction of sp³-hybridized carbons (Fsp3) is 0.250. The number of halogens is 1. The zero-order chi connectivity index (χ0) is 13.8. The molecule has 2 nitrogen and oxygen atoms in total. The molecule has 0 aliphatic rings. The zero-order valence-corrected chi connectivity index (χ0v) is 13.3. The van der Waals surface area contributed by atoms with Gasteiger partial charge in [-0.2, -0.15) is 0 Å². The van der Waals surface area contributed by atoms with Crippen LogP contribution in [0, 0.1) is 10.5 Å². The third-order valence-corrected chi connectivity index (χ3v) is 3.58. The van der Waals surface area contributed by atoms with Gasteiger partial charge in [0.1, 0.15) is 11.9 Å². The second-order valence-electron chi connectivity index (χ2n) is 4.77. The van der Waals surface area contributed by atoms with Gasteiger partial charge in [-0.25, -0.2) is 0 Å². The van der Waals surface area contributed by atoms with Gasteiger partial charge in [0.2, 0.25) is 0 Å². The van der Waals surface area contributed by atoms with E-state index in [1.807, 2.05) is 37.3 Å². The Balaban J connectivity index is 2.26. The molecule has 2 aromatic rings. The van der Waals surface area contributed by atoms with Crippen LogP contribution in [0.25, 0.3) is 0 Å². The van der Waals surface area contributed by atoms with Crippen LogP contribution in [-0.4, -0.2) is 6.04 Å². The Labute approximate surface area is 128 Å². The third-order valence-electron chi connectivity index (χ3n) is 2.91. The van der Waals surface area contributed by atoms with Crippen molar-refractivity contribution < 1.29 is 4.74 Å². The van der Waals surface area contributed by atoms with Gasteiger partial charge in [0.25, 0.3) is 0 Å².